The van der Waals surface area contributed by atoms with E-state index in [1.54, 1.807) is 0 Å². The molecule has 12 heavy (non-hydrogen) atoms. The zero-order valence-corrected chi connectivity index (χ0v) is 8.48. The van der Waals surface area contributed by atoms with E-state index in [1.807, 2.05) is 0 Å². The third-order valence-corrected chi connectivity index (χ3v) is 2.31. The number of carbonyl (C=O) groups is 1. The Hall–Kier alpha value is -0.680. The predicted octanol–water partition coefficient (Wildman–Crippen LogP) is 1.85. The van der Waals surface area contributed by atoms with Gasteiger partial charge in [0.25, 0.3) is 0 Å². The van der Waals surface area contributed by atoms with E-state index in [-0.39, 0.29) is 11.1 Å². The molecule has 1 aromatic heterocycles. The Bertz CT molecular complexity index is 318. The fourth-order valence-electron chi connectivity index (χ4n) is 0.602. The van der Waals surface area contributed by atoms with E-state index in [0.29, 0.717) is 10.3 Å². The Morgan fingerprint density at radius 2 is 2.33 bits per heavy atom. The maximum Gasteiger partial charge on any atom is 0.222 e. The first-order chi connectivity index (χ1) is 5.61. The zero-order valence-electron chi connectivity index (χ0n) is 6.14. The molecule has 64 valence electrons. The van der Waals surface area contributed by atoms with Crippen molar-refractivity contribution in [2.45, 2.75) is 6.92 Å². The summed E-state index contributed by atoms with van der Waals surface area (Å²) in [6, 6.07) is 0. The summed E-state index contributed by atoms with van der Waals surface area (Å²) in [6.07, 6.45) is 1.28. The van der Waals surface area contributed by atoms with Crippen molar-refractivity contribution in [3.63, 3.8) is 0 Å². The smallest absolute Gasteiger partial charge is 0.222 e. The third kappa shape index (κ3) is 2.15. The van der Waals surface area contributed by atoms with Crippen LogP contribution in [0.2, 0.25) is 5.15 Å². The summed E-state index contributed by atoms with van der Waals surface area (Å²) in [5.74, 6) is 0.174. The number of hydrogen-bond donors (Lipinski definition) is 1. The molecule has 4 nitrogen and oxygen atoms in total. The molecule has 0 aliphatic heterocycles. The lowest BCUT2D eigenvalue weighted by Gasteiger charge is -2.02. The van der Waals surface area contributed by atoms with Gasteiger partial charge < -0.3 is 5.32 Å². The Labute approximate surface area is 82.5 Å². The minimum absolute atomic E-state index is 0.203. The molecule has 1 rings (SSSR count). The zero-order chi connectivity index (χ0) is 9.14. The Morgan fingerprint density at radius 1 is 1.67 bits per heavy atom. The van der Waals surface area contributed by atoms with Crippen LogP contribution in [0.25, 0.3) is 0 Å². The summed E-state index contributed by atoms with van der Waals surface area (Å²) in [7, 11) is 0. The van der Waals surface area contributed by atoms with Gasteiger partial charge in [0.1, 0.15) is 11.5 Å². The molecule has 0 aliphatic rings. The van der Waals surface area contributed by atoms with Crippen LogP contribution in [0.4, 0.5) is 5.82 Å². The number of nitrogens with zero attached hydrogens (tertiary/aromatic N) is 2. The summed E-state index contributed by atoms with van der Waals surface area (Å²) in [6.45, 7) is 1.39. The monoisotopic (exact) mass is 249 g/mol. The molecule has 0 aromatic carbocycles. The van der Waals surface area contributed by atoms with Crippen LogP contribution in [-0.2, 0) is 4.79 Å². The van der Waals surface area contributed by atoms with Crippen LogP contribution in [0.3, 0.4) is 0 Å². The number of aromatic nitrogens is 2. The molecule has 0 bridgehead atoms. The first kappa shape index (κ1) is 9.41. The van der Waals surface area contributed by atoms with Crippen LogP contribution in [0.15, 0.2) is 10.8 Å². The molecule has 0 spiro atoms. The number of rotatable bonds is 1. The summed E-state index contributed by atoms with van der Waals surface area (Å²) >= 11 is 8.78. The van der Waals surface area contributed by atoms with Gasteiger partial charge in [-0.15, -0.1) is 0 Å². The van der Waals surface area contributed by atoms with Crippen molar-refractivity contribution in [1.29, 1.82) is 0 Å². The van der Waals surface area contributed by atoms with Crippen molar-refractivity contribution in [2.75, 3.05) is 5.32 Å². The number of halogens is 2. The highest BCUT2D eigenvalue weighted by molar-refractivity contribution is 9.10. The van der Waals surface area contributed by atoms with E-state index in [2.05, 4.69) is 31.2 Å². The van der Waals surface area contributed by atoms with E-state index in [4.69, 9.17) is 11.6 Å². The first-order valence-electron chi connectivity index (χ1n) is 3.05. The highest BCUT2D eigenvalue weighted by Crippen LogP contribution is 2.25. The molecule has 0 unspecified atom stereocenters. The molecule has 0 fully saturated rings. The van der Waals surface area contributed by atoms with Crippen LogP contribution in [0, 0.1) is 0 Å². The number of carbonyl (C=O) groups excluding carboxylic acids is 1. The second-order valence-corrected chi connectivity index (χ2v) is 3.16. The lowest BCUT2D eigenvalue weighted by molar-refractivity contribution is -0.114. The van der Waals surface area contributed by atoms with E-state index in [9.17, 15) is 4.79 Å². The first-order valence-corrected chi connectivity index (χ1v) is 4.22. The molecular weight excluding hydrogens is 245 g/mol. The average Bonchev–Trinajstić information content (AvgIpc) is 1.98. The Balaban J connectivity index is 3.00. The standard InChI is InChI=1S/C6H5BrClN3O/c1-3(12)11-6-4(7)5(8)9-2-10-6/h2H,1H3,(H,9,10,11,12). The van der Waals surface area contributed by atoms with Crippen molar-refractivity contribution in [1.82, 2.24) is 9.97 Å². The van der Waals surface area contributed by atoms with Crippen molar-refractivity contribution >= 4 is 39.3 Å². The van der Waals surface area contributed by atoms with Gasteiger partial charge in [0, 0.05) is 6.92 Å². The number of nitrogens with one attached hydrogen (secondary N) is 1. The van der Waals surface area contributed by atoms with Gasteiger partial charge in [-0.05, 0) is 15.9 Å². The normalized spacial score (nSPS) is 9.58. The summed E-state index contributed by atoms with van der Waals surface area (Å²) in [5, 5.41) is 2.76. The van der Waals surface area contributed by atoms with Gasteiger partial charge in [0.05, 0.1) is 4.47 Å². The molecular formula is C6H5BrClN3O. The lowest BCUT2D eigenvalue weighted by atomic mass is 10.5. The fraction of sp³-hybridized carbons (Fsp3) is 0.167. The van der Waals surface area contributed by atoms with Gasteiger partial charge in [0.15, 0.2) is 5.82 Å². The van der Waals surface area contributed by atoms with Crippen LogP contribution in [0.5, 0.6) is 0 Å². The van der Waals surface area contributed by atoms with Gasteiger partial charge in [-0.25, -0.2) is 9.97 Å². The summed E-state index contributed by atoms with van der Waals surface area (Å²) in [4.78, 5) is 18.1. The number of hydrogen-bond acceptors (Lipinski definition) is 3. The van der Waals surface area contributed by atoms with Gasteiger partial charge in [-0.2, -0.15) is 0 Å². The summed E-state index contributed by atoms with van der Waals surface area (Å²) < 4.78 is 0.488. The Kier molecular flexibility index (Phi) is 2.99. The summed E-state index contributed by atoms with van der Waals surface area (Å²) in [5.41, 5.74) is 0. The van der Waals surface area contributed by atoms with Crippen LogP contribution in [-0.4, -0.2) is 15.9 Å². The number of anilines is 1. The molecule has 0 atom stereocenters. The minimum Gasteiger partial charge on any atom is -0.310 e. The molecule has 1 amide bonds. The SMILES string of the molecule is CC(=O)Nc1ncnc(Cl)c1Br. The second-order valence-electron chi connectivity index (χ2n) is 2.01. The second kappa shape index (κ2) is 3.82. The molecule has 0 saturated carbocycles. The molecule has 0 saturated heterocycles. The highest BCUT2D eigenvalue weighted by atomic mass is 79.9. The fourth-order valence-corrected chi connectivity index (χ4v) is 1.04. The van der Waals surface area contributed by atoms with Crippen LogP contribution >= 0.6 is 27.5 Å². The third-order valence-electron chi connectivity index (χ3n) is 1.04. The van der Waals surface area contributed by atoms with Gasteiger partial charge >= 0.3 is 0 Å². The Morgan fingerprint density at radius 3 is 2.92 bits per heavy atom. The average molecular weight is 250 g/mol. The quantitative estimate of drug-likeness (QED) is 0.774. The minimum atomic E-state index is -0.203. The van der Waals surface area contributed by atoms with E-state index in [0.717, 1.165) is 0 Å². The highest BCUT2D eigenvalue weighted by Gasteiger charge is 2.06. The van der Waals surface area contributed by atoms with E-state index in [1.165, 1.54) is 13.3 Å². The topological polar surface area (TPSA) is 54.9 Å². The molecule has 1 N–H and O–H groups in total. The van der Waals surface area contributed by atoms with Crippen molar-refractivity contribution < 1.29 is 4.79 Å². The predicted molar refractivity (Wildman–Crippen MR) is 49.0 cm³/mol. The van der Waals surface area contributed by atoms with Gasteiger partial charge in [-0.3, -0.25) is 4.79 Å². The lowest BCUT2D eigenvalue weighted by Crippen LogP contribution is -2.08. The maximum absolute atomic E-state index is 10.6. The van der Waals surface area contributed by atoms with Crippen LogP contribution in [0.1, 0.15) is 6.92 Å². The number of amides is 1. The van der Waals surface area contributed by atoms with Crippen LogP contribution < -0.4 is 5.32 Å². The van der Waals surface area contributed by atoms with Crippen molar-refractivity contribution in [3.05, 3.63) is 16.0 Å². The molecule has 0 aliphatic carbocycles. The van der Waals surface area contributed by atoms with Gasteiger partial charge in [0.2, 0.25) is 5.91 Å². The molecule has 6 heteroatoms. The largest absolute Gasteiger partial charge is 0.310 e. The van der Waals surface area contributed by atoms with E-state index < -0.39 is 0 Å². The van der Waals surface area contributed by atoms with Gasteiger partial charge in [-0.1, -0.05) is 11.6 Å². The maximum atomic E-state index is 10.6. The van der Waals surface area contributed by atoms with Crippen molar-refractivity contribution in [3.8, 4) is 0 Å². The molecule has 0 radical (unpaired) electrons. The molecule has 1 heterocycles. The van der Waals surface area contributed by atoms with E-state index >= 15 is 0 Å². The molecule has 1 aromatic rings. The van der Waals surface area contributed by atoms with Crippen molar-refractivity contribution in [2.24, 2.45) is 0 Å².